The van der Waals surface area contributed by atoms with Crippen molar-refractivity contribution in [1.29, 1.82) is 0 Å². The number of rotatable bonds is 6. The average molecular weight is 349 g/mol. The Morgan fingerprint density at radius 1 is 1.12 bits per heavy atom. The number of aromatic nitrogens is 2. The summed E-state index contributed by atoms with van der Waals surface area (Å²) in [6.45, 7) is 3.76. The molecule has 0 saturated heterocycles. The van der Waals surface area contributed by atoms with Crippen LogP contribution in [0, 0.1) is 6.92 Å². The third kappa shape index (κ3) is 4.11. The van der Waals surface area contributed by atoms with Crippen LogP contribution in [0.3, 0.4) is 0 Å². The Hall–Kier alpha value is -3.08. The molecule has 0 aliphatic carbocycles. The summed E-state index contributed by atoms with van der Waals surface area (Å²) in [5.74, 6) is 1.25. The minimum Gasteiger partial charge on any atom is -0.481 e. The van der Waals surface area contributed by atoms with E-state index in [2.05, 4.69) is 10.3 Å². The second-order valence-electron chi connectivity index (χ2n) is 6.32. The molecule has 3 rings (SSSR count). The van der Waals surface area contributed by atoms with E-state index in [4.69, 9.17) is 4.74 Å². The Balaban J connectivity index is 1.77. The van der Waals surface area contributed by atoms with Crippen molar-refractivity contribution in [3.8, 4) is 5.75 Å². The number of amides is 1. The lowest BCUT2D eigenvalue weighted by Gasteiger charge is -2.22. The Kier molecular flexibility index (Phi) is 5.37. The highest BCUT2D eigenvalue weighted by Crippen LogP contribution is 2.21. The molecule has 2 aromatic carbocycles. The first kappa shape index (κ1) is 17.7. The molecule has 3 aromatic rings. The summed E-state index contributed by atoms with van der Waals surface area (Å²) in [6, 6.07) is 17.1. The highest BCUT2D eigenvalue weighted by Gasteiger charge is 2.24. The molecular weight excluding hydrogens is 326 g/mol. The van der Waals surface area contributed by atoms with E-state index in [1.54, 1.807) is 13.1 Å². The first-order valence-corrected chi connectivity index (χ1v) is 8.60. The second kappa shape index (κ2) is 7.87. The molecule has 5 nitrogen and oxygen atoms in total. The van der Waals surface area contributed by atoms with Crippen LogP contribution in [0.5, 0.6) is 5.75 Å². The molecular formula is C21H23N3O2. The van der Waals surface area contributed by atoms with E-state index in [-0.39, 0.29) is 11.9 Å². The molecule has 0 aliphatic rings. The van der Waals surface area contributed by atoms with Gasteiger partial charge in [-0.1, -0.05) is 48.0 Å². The van der Waals surface area contributed by atoms with E-state index in [1.165, 1.54) is 0 Å². The maximum atomic E-state index is 12.7. The summed E-state index contributed by atoms with van der Waals surface area (Å²) >= 11 is 0. The van der Waals surface area contributed by atoms with Gasteiger partial charge in [0, 0.05) is 19.4 Å². The zero-order valence-electron chi connectivity index (χ0n) is 15.2. The maximum Gasteiger partial charge on any atom is 0.261 e. The minimum absolute atomic E-state index is 0.192. The number of ether oxygens (including phenoxy) is 1. The van der Waals surface area contributed by atoms with Crippen LogP contribution in [0.25, 0.3) is 0 Å². The van der Waals surface area contributed by atoms with Crippen LogP contribution >= 0.6 is 0 Å². The zero-order chi connectivity index (χ0) is 18.5. The SMILES string of the molecule is Cc1ccc(OC(C)C(=O)NC(c2ccccc2)c2nccn2C)cc1. The molecule has 0 fully saturated rings. The van der Waals surface area contributed by atoms with Gasteiger partial charge in [-0.3, -0.25) is 4.79 Å². The van der Waals surface area contributed by atoms with E-state index in [0.717, 1.165) is 17.0 Å². The first-order chi connectivity index (χ1) is 12.5. The predicted octanol–water partition coefficient (Wildman–Crippen LogP) is 3.40. The van der Waals surface area contributed by atoms with Gasteiger partial charge in [-0.15, -0.1) is 0 Å². The number of nitrogens with zero attached hydrogens (tertiary/aromatic N) is 2. The van der Waals surface area contributed by atoms with Crippen molar-refractivity contribution in [2.45, 2.75) is 26.0 Å². The third-order valence-corrected chi connectivity index (χ3v) is 4.24. The lowest BCUT2D eigenvalue weighted by Crippen LogP contribution is -2.39. The normalized spacial score (nSPS) is 13.0. The van der Waals surface area contributed by atoms with Crippen LogP contribution in [0.4, 0.5) is 0 Å². The Morgan fingerprint density at radius 3 is 2.42 bits per heavy atom. The lowest BCUT2D eigenvalue weighted by atomic mass is 10.1. The third-order valence-electron chi connectivity index (χ3n) is 4.24. The number of aryl methyl sites for hydroxylation is 2. The Bertz CT molecular complexity index is 856. The number of carbonyl (C=O) groups is 1. The van der Waals surface area contributed by atoms with Gasteiger partial charge in [0.25, 0.3) is 5.91 Å². The van der Waals surface area contributed by atoms with Crippen molar-refractivity contribution in [1.82, 2.24) is 14.9 Å². The van der Waals surface area contributed by atoms with Gasteiger partial charge in [-0.2, -0.15) is 0 Å². The molecule has 1 amide bonds. The van der Waals surface area contributed by atoms with Gasteiger partial charge < -0.3 is 14.6 Å². The van der Waals surface area contributed by atoms with Crippen LogP contribution in [-0.2, 0) is 11.8 Å². The van der Waals surface area contributed by atoms with Crippen LogP contribution in [0.2, 0.25) is 0 Å². The van der Waals surface area contributed by atoms with Gasteiger partial charge in [-0.05, 0) is 31.5 Å². The molecule has 0 bridgehead atoms. The molecule has 134 valence electrons. The Morgan fingerprint density at radius 2 is 1.81 bits per heavy atom. The maximum absolute atomic E-state index is 12.7. The first-order valence-electron chi connectivity index (χ1n) is 8.60. The van der Waals surface area contributed by atoms with E-state index >= 15 is 0 Å². The van der Waals surface area contributed by atoms with E-state index in [9.17, 15) is 4.79 Å². The molecule has 1 heterocycles. The summed E-state index contributed by atoms with van der Waals surface area (Å²) in [4.78, 5) is 17.1. The van der Waals surface area contributed by atoms with Crippen LogP contribution < -0.4 is 10.1 Å². The Labute approximate surface area is 153 Å². The van der Waals surface area contributed by atoms with E-state index < -0.39 is 6.10 Å². The highest BCUT2D eigenvalue weighted by atomic mass is 16.5. The minimum atomic E-state index is -0.621. The quantitative estimate of drug-likeness (QED) is 0.742. The standard InChI is InChI=1S/C21H23N3O2/c1-15-9-11-18(12-10-15)26-16(2)21(25)23-19(17-7-5-4-6-8-17)20-22-13-14-24(20)3/h4-14,16,19H,1-3H3,(H,23,25). The molecule has 2 atom stereocenters. The predicted molar refractivity (Wildman–Crippen MR) is 101 cm³/mol. The fourth-order valence-corrected chi connectivity index (χ4v) is 2.73. The number of hydrogen-bond acceptors (Lipinski definition) is 3. The molecule has 26 heavy (non-hydrogen) atoms. The molecule has 1 N–H and O–H groups in total. The highest BCUT2D eigenvalue weighted by molar-refractivity contribution is 5.81. The number of imidazole rings is 1. The monoisotopic (exact) mass is 349 g/mol. The smallest absolute Gasteiger partial charge is 0.261 e. The largest absolute Gasteiger partial charge is 0.481 e. The summed E-state index contributed by atoms with van der Waals surface area (Å²) in [6.07, 6.45) is 2.97. The lowest BCUT2D eigenvalue weighted by molar-refractivity contribution is -0.127. The van der Waals surface area contributed by atoms with Crippen LogP contribution in [0.15, 0.2) is 67.0 Å². The van der Waals surface area contributed by atoms with Crippen molar-refractivity contribution in [2.75, 3.05) is 0 Å². The van der Waals surface area contributed by atoms with Crippen LogP contribution in [-0.4, -0.2) is 21.6 Å². The zero-order valence-corrected chi connectivity index (χ0v) is 15.2. The number of carbonyl (C=O) groups excluding carboxylic acids is 1. The molecule has 5 heteroatoms. The van der Waals surface area contributed by atoms with Crippen LogP contribution in [0.1, 0.15) is 29.9 Å². The van der Waals surface area contributed by atoms with Crippen molar-refractivity contribution < 1.29 is 9.53 Å². The van der Waals surface area contributed by atoms with E-state index in [0.29, 0.717) is 5.75 Å². The van der Waals surface area contributed by atoms with Gasteiger partial charge in [0.15, 0.2) is 6.10 Å². The second-order valence-corrected chi connectivity index (χ2v) is 6.32. The average Bonchev–Trinajstić information content (AvgIpc) is 3.07. The fraction of sp³-hybridized carbons (Fsp3) is 0.238. The molecule has 0 saturated carbocycles. The summed E-state index contributed by atoms with van der Waals surface area (Å²) in [7, 11) is 1.91. The summed E-state index contributed by atoms with van der Waals surface area (Å²) in [5, 5.41) is 3.06. The molecule has 0 spiro atoms. The summed E-state index contributed by atoms with van der Waals surface area (Å²) in [5.41, 5.74) is 2.12. The van der Waals surface area contributed by atoms with Crippen molar-refractivity contribution in [3.05, 3.63) is 83.9 Å². The van der Waals surface area contributed by atoms with Crippen molar-refractivity contribution >= 4 is 5.91 Å². The molecule has 1 aromatic heterocycles. The fourth-order valence-electron chi connectivity index (χ4n) is 2.73. The van der Waals surface area contributed by atoms with Gasteiger partial charge in [-0.25, -0.2) is 4.98 Å². The van der Waals surface area contributed by atoms with E-state index in [1.807, 2.05) is 79.3 Å². The summed E-state index contributed by atoms with van der Waals surface area (Å²) < 4.78 is 7.68. The number of nitrogens with one attached hydrogen (secondary N) is 1. The van der Waals surface area contributed by atoms with Gasteiger partial charge in [0.2, 0.25) is 0 Å². The van der Waals surface area contributed by atoms with Gasteiger partial charge in [0.05, 0.1) is 0 Å². The molecule has 0 aliphatic heterocycles. The van der Waals surface area contributed by atoms with Gasteiger partial charge >= 0.3 is 0 Å². The number of benzene rings is 2. The topological polar surface area (TPSA) is 56.1 Å². The van der Waals surface area contributed by atoms with Gasteiger partial charge in [0.1, 0.15) is 17.6 Å². The van der Waals surface area contributed by atoms with Crippen molar-refractivity contribution in [2.24, 2.45) is 7.05 Å². The van der Waals surface area contributed by atoms with Crippen molar-refractivity contribution in [3.63, 3.8) is 0 Å². The molecule has 0 radical (unpaired) electrons. The molecule has 2 unspecified atom stereocenters. The number of hydrogen-bond donors (Lipinski definition) is 1.